The van der Waals surface area contributed by atoms with Crippen LogP contribution in [-0.4, -0.2) is 132 Å². The zero-order valence-electron chi connectivity index (χ0n) is 46.4. The number of amides is 3. The molecule has 2 aromatic carbocycles. The van der Waals surface area contributed by atoms with Crippen molar-refractivity contribution >= 4 is 24.0 Å². The summed E-state index contributed by atoms with van der Waals surface area (Å²) >= 11 is 0. The number of fused-ring (bicyclic) bond motifs is 4. The van der Waals surface area contributed by atoms with E-state index < -0.39 is 23.8 Å². The normalized spacial score (nSPS) is 29.1. The molecule has 14 nitrogen and oxygen atoms in total. The number of unbranched alkanes of at least 4 members (excludes halogenated alkanes) is 1. The quantitative estimate of drug-likeness (QED) is 0.0965. The number of carbonyl (C=O) groups excluding carboxylic acids is 4. The Hall–Kier alpha value is -3.16. The number of hydrogen-bond donors (Lipinski definition) is 2. The zero-order valence-corrected chi connectivity index (χ0v) is 46.4. The molecule has 6 heterocycles. The molecule has 2 aliphatic carbocycles. The van der Waals surface area contributed by atoms with E-state index in [-0.39, 0.29) is 42.1 Å². The minimum Gasteiger partial charge on any atom is -0.870 e. The Balaban J connectivity index is 0.000000210. The fourth-order valence-electron chi connectivity index (χ4n) is 14.1. The number of piperidine rings is 2. The van der Waals surface area contributed by atoms with Gasteiger partial charge in [-0.15, -0.1) is 0 Å². The average molecular weight is 1030 g/mol. The molecule has 6 saturated heterocycles. The van der Waals surface area contributed by atoms with E-state index in [1.54, 1.807) is 26.2 Å². The Kier molecular flexibility index (Phi) is 23.3. The van der Waals surface area contributed by atoms with E-state index >= 15 is 0 Å². The van der Waals surface area contributed by atoms with Crippen LogP contribution in [0.4, 0.5) is 0 Å². The maximum atomic E-state index is 13.5. The van der Waals surface area contributed by atoms with Crippen LogP contribution >= 0.6 is 0 Å². The van der Waals surface area contributed by atoms with Crippen molar-refractivity contribution in [2.45, 2.75) is 229 Å². The van der Waals surface area contributed by atoms with Crippen LogP contribution < -0.4 is 30.3 Å². The number of ether oxygens (including phenoxy) is 4. The Morgan fingerprint density at radius 2 is 1.09 bits per heavy atom. The van der Waals surface area contributed by atoms with Crippen LogP contribution in [0.2, 0.25) is 0 Å². The molecule has 15 heteroatoms. The van der Waals surface area contributed by atoms with Gasteiger partial charge in [-0.2, -0.15) is 0 Å². The van der Waals surface area contributed by atoms with E-state index in [0.717, 1.165) is 56.9 Å². The van der Waals surface area contributed by atoms with Gasteiger partial charge >= 0.3 is 18.9 Å². The van der Waals surface area contributed by atoms with Gasteiger partial charge in [0.1, 0.15) is 0 Å². The summed E-state index contributed by atoms with van der Waals surface area (Å²) in [6.45, 7) is 12.0. The van der Waals surface area contributed by atoms with Crippen LogP contribution in [0.3, 0.4) is 0 Å². The Morgan fingerprint density at radius 3 is 1.52 bits per heavy atom. The van der Waals surface area contributed by atoms with Gasteiger partial charge in [-0.3, -0.25) is 24.2 Å². The number of nitrogens with zero attached hydrogens (tertiary/aromatic N) is 3. The van der Waals surface area contributed by atoms with E-state index in [4.69, 9.17) is 30.4 Å². The largest absolute Gasteiger partial charge is 1.00 e. The van der Waals surface area contributed by atoms with Crippen molar-refractivity contribution in [2.24, 2.45) is 23.3 Å². The summed E-state index contributed by atoms with van der Waals surface area (Å²) < 4.78 is 21.8. The number of hydrogen-bond acceptors (Lipinski definition) is 11. The van der Waals surface area contributed by atoms with Crippen LogP contribution in [0.15, 0.2) is 48.5 Å². The van der Waals surface area contributed by atoms with Gasteiger partial charge in [-0.25, -0.2) is 6.29 Å². The number of benzene rings is 2. The van der Waals surface area contributed by atoms with E-state index in [2.05, 4.69) is 26.8 Å². The molecule has 0 radical (unpaired) electrons. The minimum atomic E-state index is -0.683. The molecule has 5 N–H and O–H groups in total. The Morgan fingerprint density at radius 1 is 0.627 bits per heavy atom. The molecule has 10 rings (SSSR count). The zero-order chi connectivity index (χ0) is 51.5. The number of nitrogens with two attached hydrogens (primary N) is 2. The Labute approximate surface area is 461 Å². The van der Waals surface area contributed by atoms with Gasteiger partial charge in [-0.1, -0.05) is 88.5 Å². The summed E-state index contributed by atoms with van der Waals surface area (Å²) in [5.41, 5.74) is 14.8. The molecule has 4 unspecified atom stereocenters. The number of rotatable bonds is 17. The molecule has 2 saturated carbocycles. The fourth-order valence-corrected chi connectivity index (χ4v) is 14.1. The SMILES string of the molecule is CC1(C)OC[C@@H](C(=O)N(CCCN2C3CCC2CC(c2cccc(C(N)=O)c2)C3)CC2CCCCC2)O1.CC1(C)OC[C@@H]([C-]=O)O1.NC(=O)c1cccc(C2CC3CCC(C2)N3CCCCC2CCCCC2)c1.[Li+].[OH-]. The first-order chi connectivity index (χ1) is 35.1. The molecular formula is C60H91LiN5O9-. The molecule has 8 fully saturated rings. The van der Waals surface area contributed by atoms with Crippen LogP contribution in [0.5, 0.6) is 0 Å². The van der Waals surface area contributed by atoms with E-state index in [0.29, 0.717) is 54.2 Å². The second-order valence-corrected chi connectivity index (χ2v) is 24.0. The van der Waals surface area contributed by atoms with Crippen molar-refractivity contribution < 1.29 is 62.5 Å². The molecule has 0 aromatic heterocycles. The first kappa shape index (κ1) is 61.1. The van der Waals surface area contributed by atoms with Gasteiger partial charge in [0, 0.05) is 54.9 Å². The number of primary amides is 2. The maximum Gasteiger partial charge on any atom is 1.00 e. The van der Waals surface area contributed by atoms with Crippen molar-refractivity contribution in [1.29, 1.82) is 0 Å². The first-order valence-electron chi connectivity index (χ1n) is 28.7. The second kappa shape index (κ2) is 28.6. The monoisotopic (exact) mass is 1030 g/mol. The molecule has 412 valence electrons. The summed E-state index contributed by atoms with van der Waals surface area (Å²) in [6.07, 6.45) is 29.7. The van der Waals surface area contributed by atoms with Gasteiger partial charge < -0.3 is 45.6 Å². The third-order valence-corrected chi connectivity index (χ3v) is 17.8. The topological polar surface area (TPSA) is 197 Å². The molecule has 8 aliphatic rings. The van der Waals surface area contributed by atoms with Crippen LogP contribution in [0.1, 0.15) is 213 Å². The van der Waals surface area contributed by atoms with Gasteiger partial charge in [-0.05, 0) is 176 Å². The summed E-state index contributed by atoms with van der Waals surface area (Å²) in [6, 6.07) is 18.6. The molecular weight excluding hydrogens is 942 g/mol. The summed E-state index contributed by atoms with van der Waals surface area (Å²) in [4.78, 5) is 54.2. The molecule has 75 heavy (non-hydrogen) atoms. The number of carbonyl (C=O) groups is 3. The molecule has 6 aliphatic heterocycles. The third-order valence-electron chi connectivity index (χ3n) is 17.8. The van der Waals surface area contributed by atoms with Gasteiger partial charge in [0.2, 0.25) is 11.8 Å². The summed E-state index contributed by atoms with van der Waals surface area (Å²) in [5.74, 6) is 0.880. The molecule has 3 amide bonds. The first-order valence-corrected chi connectivity index (χ1v) is 28.7. The predicted octanol–water partition coefficient (Wildman–Crippen LogP) is 6.77. The van der Waals surface area contributed by atoms with Crippen molar-refractivity contribution in [2.75, 3.05) is 39.4 Å². The predicted molar refractivity (Wildman–Crippen MR) is 287 cm³/mol. The molecule has 0 spiro atoms. The van der Waals surface area contributed by atoms with E-state index in [1.165, 1.54) is 140 Å². The fraction of sp³-hybridized carbons (Fsp3) is 0.733. The summed E-state index contributed by atoms with van der Waals surface area (Å²) in [7, 11) is 0. The van der Waals surface area contributed by atoms with Crippen molar-refractivity contribution in [3.8, 4) is 0 Å². The van der Waals surface area contributed by atoms with Gasteiger partial charge in [0.05, 0.1) is 13.2 Å². The van der Waals surface area contributed by atoms with E-state index in [1.807, 2.05) is 44.2 Å². The second-order valence-electron chi connectivity index (χ2n) is 24.0. The average Bonchev–Trinajstić information content (AvgIpc) is 4.08. The van der Waals surface area contributed by atoms with Crippen LogP contribution in [-0.2, 0) is 28.5 Å². The third kappa shape index (κ3) is 17.2. The molecule has 4 bridgehead atoms. The molecule has 2 aromatic rings. The maximum absolute atomic E-state index is 13.5. The van der Waals surface area contributed by atoms with Gasteiger partial charge in [0.15, 0.2) is 17.7 Å². The van der Waals surface area contributed by atoms with Crippen molar-refractivity contribution in [1.82, 2.24) is 14.7 Å². The van der Waals surface area contributed by atoms with E-state index in [9.17, 15) is 19.2 Å². The standard InChI is InChI=1S/C30H45N3O4.C24H36N2O.C6H9O3.Li.H2O/c1-30(2)36-20-27(37-30)29(35)32(19-21-8-4-3-5-9-21)14-7-15-33-25-12-13-26(33)18-24(17-25)22-10-6-11-23(16-22)28(31)34;25-24(27)20-11-6-10-19(15-20)21-16-22-12-13-23(17-21)26(22)14-5-4-9-18-7-2-1-3-8-18;1-6(2)8-4-5(3-7)9-6;;/h6,10-11,16,21,24-27H,3-5,7-9,12-15,17-20H2,1-2H3,(H2,31,34);6,10-11,15,18,21-23H,1-5,7-9,12-14,16-17H2,(H2,25,27);5H,4H2,1-2H3;;1H2/q;;-1;+1;/p-1/t24?,25?,26?,27-;;5-;;/m0.1../s1. The molecule has 6 atom stereocenters. The van der Waals surface area contributed by atoms with Gasteiger partial charge in [0.25, 0.3) is 5.91 Å². The minimum absolute atomic E-state index is 0. The summed E-state index contributed by atoms with van der Waals surface area (Å²) in [5, 5.41) is 0. The smallest absolute Gasteiger partial charge is 0.870 e. The van der Waals surface area contributed by atoms with Crippen molar-refractivity contribution in [3.63, 3.8) is 0 Å². The Bertz CT molecular complexity index is 2100. The van der Waals surface area contributed by atoms with Crippen molar-refractivity contribution in [3.05, 3.63) is 70.8 Å². The van der Waals surface area contributed by atoms with Crippen LogP contribution in [0, 0.1) is 11.8 Å². The van der Waals surface area contributed by atoms with Crippen LogP contribution in [0.25, 0.3) is 0 Å².